The molecular formula is C20H17BrFN3O2. The predicted octanol–water partition coefficient (Wildman–Crippen LogP) is 3.12. The van der Waals surface area contributed by atoms with Crippen LogP contribution in [0.4, 0.5) is 10.1 Å². The normalized spacial score (nSPS) is 28.1. The molecule has 27 heavy (non-hydrogen) atoms. The molecule has 7 heteroatoms. The van der Waals surface area contributed by atoms with E-state index in [0.29, 0.717) is 5.69 Å². The van der Waals surface area contributed by atoms with Crippen LogP contribution in [0.3, 0.4) is 0 Å². The number of anilines is 1. The minimum absolute atomic E-state index is 0.177. The molecule has 0 aromatic heterocycles. The van der Waals surface area contributed by atoms with Crippen LogP contribution in [0.1, 0.15) is 18.0 Å². The summed E-state index contributed by atoms with van der Waals surface area (Å²) in [5, 5.41) is 4.16. The van der Waals surface area contributed by atoms with Crippen molar-refractivity contribution in [1.82, 2.24) is 10.0 Å². The van der Waals surface area contributed by atoms with Gasteiger partial charge in [0.1, 0.15) is 11.9 Å². The number of hydrogen-bond acceptors (Lipinski definition) is 4. The molecule has 0 unspecified atom stereocenters. The van der Waals surface area contributed by atoms with E-state index < -0.39 is 12.0 Å². The molecule has 3 fully saturated rings. The Morgan fingerprint density at radius 1 is 0.852 bits per heavy atom. The zero-order chi connectivity index (χ0) is 18.7. The highest BCUT2D eigenvalue weighted by Gasteiger charge is 2.62. The number of benzene rings is 2. The smallest absolute Gasteiger partial charge is 0.253 e. The molecule has 2 amide bonds. The number of nitrogens with zero attached hydrogens (tertiary/aromatic N) is 3. The highest BCUT2D eigenvalue weighted by molar-refractivity contribution is 9.10. The van der Waals surface area contributed by atoms with Crippen molar-refractivity contribution >= 4 is 33.4 Å². The lowest BCUT2D eigenvalue weighted by Crippen LogP contribution is -2.44. The number of carbonyl (C=O) groups is 2. The van der Waals surface area contributed by atoms with E-state index in [9.17, 15) is 14.0 Å². The molecule has 2 aromatic rings. The van der Waals surface area contributed by atoms with Crippen molar-refractivity contribution in [3.8, 4) is 0 Å². The number of fused-ring (bicyclic) bond motifs is 3. The third-order valence-corrected chi connectivity index (χ3v) is 6.23. The molecule has 5 rings (SSSR count). The van der Waals surface area contributed by atoms with Crippen molar-refractivity contribution in [3.05, 3.63) is 64.4 Å². The van der Waals surface area contributed by atoms with Crippen molar-refractivity contribution in [2.45, 2.75) is 18.5 Å². The first-order valence-corrected chi connectivity index (χ1v) is 9.77. The minimum Gasteiger partial charge on any atom is -0.274 e. The average molecular weight is 430 g/mol. The molecule has 3 atom stereocenters. The fourth-order valence-electron chi connectivity index (χ4n) is 4.62. The van der Waals surface area contributed by atoms with Gasteiger partial charge in [-0.05, 0) is 48.4 Å². The maximum atomic E-state index is 13.4. The van der Waals surface area contributed by atoms with Gasteiger partial charge in [-0.1, -0.05) is 28.1 Å². The summed E-state index contributed by atoms with van der Waals surface area (Å²) in [6.07, 6.45) is 0.945. The molecule has 138 valence electrons. The third-order valence-electron chi connectivity index (χ3n) is 5.70. The van der Waals surface area contributed by atoms with Gasteiger partial charge in [0.25, 0.3) is 5.91 Å². The van der Waals surface area contributed by atoms with Crippen LogP contribution in [-0.2, 0) is 9.59 Å². The van der Waals surface area contributed by atoms with Crippen LogP contribution in [0.15, 0.2) is 53.0 Å². The number of amides is 2. The molecule has 0 N–H and O–H groups in total. The Hall–Kier alpha value is -2.09. The van der Waals surface area contributed by atoms with Gasteiger partial charge in [-0.15, -0.1) is 0 Å². The van der Waals surface area contributed by atoms with Crippen LogP contribution in [0, 0.1) is 11.7 Å². The van der Waals surface area contributed by atoms with Crippen molar-refractivity contribution in [3.63, 3.8) is 0 Å². The van der Waals surface area contributed by atoms with Crippen LogP contribution in [0.5, 0.6) is 0 Å². The molecule has 0 aliphatic carbocycles. The standard InChI is InChI=1S/C20H17BrFN3O2/c21-13-4-8-15(9-5-13)25-19(26)16-17(12-2-6-14(22)7-3-12)23-10-1-11-24(23)18(16)20(25)27/h2-9,16-18H,1,10-11H2/t16-,17-,18+/m1/s1. The van der Waals surface area contributed by atoms with E-state index in [1.54, 1.807) is 24.3 Å². The molecule has 0 radical (unpaired) electrons. The van der Waals surface area contributed by atoms with Crippen LogP contribution in [0.2, 0.25) is 0 Å². The summed E-state index contributed by atoms with van der Waals surface area (Å²) >= 11 is 3.38. The lowest BCUT2D eigenvalue weighted by Gasteiger charge is -2.29. The van der Waals surface area contributed by atoms with Gasteiger partial charge < -0.3 is 0 Å². The Kier molecular flexibility index (Phi) is 3.93. The topological polar surface area (TPSA) is 43.9 Å². The van der Waals surface area contributed by atoms with Gasteiger partial charge in [-0.2, -0.15) is 0 Å². The van der Waals surface area contributed by atoms with Crippen LogP contribution in [-0.4, -0.2) is 41.0 Å². The second-order valence-corrected chi connectivity index (χ2v) is 8.05. The van der Waals surface area contributed by atoms with E-state index in [2.05, 4.69) is 20.9 Å². The van der Waals surface area contributed by atoms with E-state index in [1.807, 2.05) is 17.1 Å². The van der Waals surface area contributed by atoms with Gasteiger partial charge in [0.2, 0.25) is 5.91 Å². The fourth-order valence-corrected chi connectivity index (χ4v) is 4.88. The number of rotatable bonds is 2. The monoisotopic (exact) mass is 429 g/mol. The first kappa shape index (κ1) is 17.0. The van der Waals surface area contributed by atoms with E-state index in [4.69, 9.17) is 0 Å². The summed E-state index contributed by atoms with van der Waals surface area (Å²) in [4.78, 5) is 27.9. The fraction of sp³-hybridized carbons (Fsp3) is 0.300. The van der Waals surface area contributed by atoms with Gasteiger partial charge in [0, 0.05) is 17.6 Å². The van der Waals surface area contributed by atoms with Gasteiger partial charge in [-0.3, -0.25) is 9.59 Å². The Bertz CT molecular complexity index is 918. The highest BCUT2D eigenvalue weighted by atomic mass is 79.9. The summed E-state index contributed by atoms with van der Waals surface area (Å²) < 4.78 is 14.3. The molecule has 2 aromatic carbocycles. The minimum atomic E-state index is -0.487. The Morgan fingerprint density at radius 2 is 1.48 bits per heavy atom. The molecule has 3 saturated heterocycles. The number of hydrazine groups is 1. The van der Waals surface area contributed by atoms with Gasteiger partial charge >= 0.3 is 0 Å². The first-order valence-electron chi connectivity index (χ1n) is 8.98. The Morgan fingerprint density at radius 3 is 2.15 bits per heavy atom. The number of imide groups is 1. The summed E-state index contributed by atoms with van der Waals surface area (Å²) in [6.45, 7) is 1.56. The largest absolute Gasteiger partial charge is 0.274 e. The zero-order valence-corrected chi connectivity index (χ0v) is 16.0. The van der Waals surface area contributed by atoms with Crippen molar-refractivity contribution in [2.24, 2.45) is 5.92 Å². The molecule has 0 bridgehead atoms. The predicted molar refractivity (Wildman–Crippen MR) is 101 cm³/mol. The van der Waals surface area contributed by atoms with E-state index in [1.165, 1.54) is 17.0 Å². The number of carbonyl (C=O) groups excluding carboxylic acids is 2. The molecule has 5 nitrogen and oxygen atoms in total. The van der Waals surface area contributed by atoms with Gasteiger partial charge in [-0.25, -0.2) is 19.3 Å². The van der Waals surface area contributed by atoms with Gasteiger partial charge in [0.15, 0.2) is 0 Å². The first-order chi connectivity index (χ1) is 13.1. The molecular weight excluding hydrogens is 413 g/mol. The van der Waals surface area contributed by atoms with Crippen molar-refractivity contribution in [2.75, 3.05) is 18.0 Å². The maximum absolute atomic E-state index is 13.4. The summed E-state index contributed by atoms with van der Waals surface area (Å²) in [6, 6.07) is 12.7. The van der Waals surface area contributed by atoms with E-state index >= 15 is 0 Å². The quantitative estimate of drug-likeness (QED) is 0.687. The molecule has 3 aliphatic heterocycles. The highest BCUT2D eigenvalue weighted by Crippen LogP contribution is 2.48. The molecule has 3 aliphatic rings. The lowest BCUT2D eigenvalue weighted by molar-refractivity contribution is -0.126. The summed E-state index contributed by atoms with van der Waals surface area (Å²) in [7, 11) is 0. The van der Waals surface area contributed by atoms with Crippen LogP contribution in [0.25, 0.3) is 0 Å². The van der Waals surface area contributed by atoms with E-state index in [-0.39, 0.29) is 23.7 Å². The summed E-state index contributed by atoms with van der Waals surface area (Å²) in [5.74, 6) is -1.15. The second-order valence-electron chi connectivity index (χ2n) is 7.14. The average Bonchev–Trinajstić information content (AvgIpc) is 3.30. The molecule has 0 saturated carbocycles. The van der Waals surface area contributed by atoms with Crippen LogP contribution < -0.4 is 4.90 Å². The number of halogens is 2. The lowest BCUT2D eigenvalue weighted by atomic mass is 9.90. The van der Waals surface area contributed by atoms with Crippen molar-refractivity contribution < 1.29 is 14.0 Å². The Labute approximate surface area is 164 Å². The maximum Gasteiger partial charge on any atom is 0.253 e. The Balaban J connectivity index is 1.57. The van der Waals surface area contributed by atoms with Crippen LogP contribution >= 0.6 is 15.9 Å². The van der Waals surface area contributed by atoms with E-state index in [0.717, 1.165) is 29.5 Å². The molecule has 3 heterocycles. The second kappa shape index (κ2) is 6.22. The summed E-state index contributed by atoms with van der Waals surface area (Å²) in [5.41, 5.74) is 1.46. The molecule has 0 spiro atoms. The van der Waals surface area contributed by atoms with Gasteiger partial charge in [0.05, 0.1) is 17.6 Å². The number of hydrogen-bond donors (Lipinski definition) is 0. The zero-order valence-electron chi connectivity index (χ0n) is 14.4. The SMILES string of the molecule is O=C1[C@H]2[C@@H](C(=O)N1c1ccc(Br)cc1)N1CCCN1[C@@H]2c1ccc(F)cc1. The third kappa shape index (κ3) is 2.49. The van der Waals surface area contributed by atoms with Crippen molar-refractivity contribution in [1.29, 1.82) is 0 Å².